The summed E-state index contributed by atoms with van der Waals surface area (Å²) in [6.45, 7) is 4.55. The maximum absolute atomic E-state index is 13.0. The van der Waals surface area contributed by atoms with Gasteiger partial charge < -0.3 is 5.32 Å². The van der Waals surface area contributed by atoms with Crippen molar-refractivity contribution in [3.8, 4) is 0 Å². The summed E-state index contributed by atoms with van der Waals surface area (Å²) in [6.07, 6.45) is 1.83. The lowest BCUT2D eigenvalue weighted by Crippen LogP contribution is -2.28. The van der Waals surface area contributed by atoms with Crippen LogP contribution >= 0.6 is 23.4 Å². The first-order chi connectivity index (χ1) is 15.5. The Morgan fingerprint density at radius 1 is 1.16 bits per heavy atom. The third kappa shape index (κ3) is 4.38. The SMILES string of the molecule is CCCCn1c(=O)c2ccccc2n2c(SCC(=O)NC(C)c3ccccc3Cl)nnc12. The Bertz CT molecular complexity index is 1330. The molecule has 2 aromatic carbocycles. The number of nitrogens with zero attached hydrogens (tertiary/aromatic N) is 4. The number of amides is 1. The number of fused-ring (bicyclic) bond motifs is 3. The summed E-state index contributed by atoms with van der Waals surface area (Å²) in [5, 5.41) is 13.4. The van der Waals surface area contributed by atoms with Crippen LogP contribution in [0.25, 0.3) is 16.7 Å². The normalized spacial score (nSPS) is 12.3. The van der Waals surface area contributed by atoms with Crippen LogP contribution in [-0.4, -0.2) is 30.8 Å². The molecule has 0 aliphatic rings. The summed E-state index contributed by atoms with van der Waals surface area (Å²) in [7, 11) is 0. The van der Waals surface area contributed by atoms with Crippen molar-refractivity contribution in [3.05, 3.63) is 69.5 Å². The number of benzene rings is 2. The Hall–Kier alpha value is -2.84. The number of aromatic nitrogens is 4. The van der Waals surface area contributed by atoms with Gasteiger partial charge in [-0.1, -0.05) is 67.0 Å². The highest BCUT2D eigenvalue weighted by Gasteiger charge is 2.18. The number of hydrogen-bond donors (Lipinski definition) is 1. The molecule has 0 aliphatic carbocycles. The van der Waals surface area contributed by atoms with E-state index < -0.39 is 0 Å². The van der Waals surface area contributed by atoms with Crippen molar-refractivity contribution in [2.45, 2.75) is 44.4 Å². The summed E-state index contributed by atoms with van der Waals surface area (Å²) >= 11 is 7.53. The van der Waals surface area contributed by atoms with Gasteiger partial charge in [-0.15, -0.1) is 10.2 Å². The molecule has 1 unspecified atom stereocenters. The maximum atomic E-state index is 13.0. The fraction of sp³-hybridized carbons (Fsp3) is 0.304. The summed E-state index contributed by atoms with van der Waals surface area (Å²) in [4.78, 5) is 25.6. The van der Waals surface area contributed by atoms with Crippen LogP contribution in [0.15, 0.2) is 58.5 Å². The molecule has 1 amide bonds. The standard InChI is InChI=1S/C23H24ClN5O2S/c1-3-4-13-28-21(31)17-10-6-8-12-19(17)29-22(28)26-27-23(29)32-14-20(30)25-15(2)16-9-5-7-11-18(16)24/h5-12,15H,3-4,13-14H2,1-2H3,(H,25,30). The van der Waals surface area contributed by atoms with Crippen molar-refractivity contribution in [1.82, 2.24) is 24.5 Å². The smallest absolute Gasteiger partial charge is 0.262 e. The third-order valence-corrected chi connectivity index (χ3v) is 6.57. The van der Waals surface area contributed by atoms with Crippen molar-refractivity contribution in [2.24, 2.45) is 0 Å². The first-order valence-corrected chi connectivity index (χ1v) is 11.9. The van der Waals surface area contributed by atoms with Crippen LogP contribution < -0.4 is 10.9 Å². The summed E-state index contributed by atoms with van der Waals surface area (Å²) in [5.74, 6) is 0.523. The zero-order chi connectivity index (χ0) is 22.7. The number of carbonyl (C=O) groups is 1. The summed E-state index contributed by atoms with van der Waals surface area (Å²) < 4.78 is 3.53. The van der Waals surface area contributed by atoms with Gasteiger partial charge in [-0.25, -0.2) is 0 Å². The Morgan fingerprint density at radius 3 is 2.69 bits per heavy atom. The Morgan fingerprint density at radius 2 is 1.91 bits per heavy atom. The quantitative estimate of drug-likeness (QED) is 0.385. The van der Waals surface area contributed by atoms with E-state index in [0.717, 1.165) is 23.9 Å². The van der Waals surface area contributed by atoms with E-state index in [4.69, 9.17) is 11.6 Å². The molecule has 0 radical (unpaired) electrons. The molecular weight excluding hydrogens is 446 g/mol. The van der Waals surface area contributed by atoms with Crippen molar-refractivity contribution >= 4 is 46.0 Å². The van der Waals surface area contributed by atoms with Gasteiger partial charge in [0.05, 0.1) is 22.7 Å². The average Bonchev–Trinajstić information content (AvgIpc) is 3.22. The molecule has 4 aromatic rings. The maximum Gasteiger partial charge on any atom is 0.262 e. The van der Waals surface area contributed by atoms with E-state index in [0.29, 0.717) is 27.9 Å². The highest BCUT2D eigenvalue weighted by molar-refractivity contribution is 7.99. The van der Waals surface area contributed by atoms with Crippen molar-refractivity contribution in [3.63, 3.8) is 0 Å². The molecule has 1 atom stereocenters. The largest absolute Gasteiger partial charge is 0.349 e. The van der Waals surface area contributed by atoms with E-state index in [-0.39, 0.29) is 23.3 Å². The molecule has 32 heavy (non-hydrogen) atoms. The molecule has 166 valence electrons. The van der Waals surface area contributed by atoms with Gasteiger partial charge in [-0.3, -0.25) is 18.6 Å². The Labute approximate surface area is 194 Å². The highest BCUT2D eigenvalue weighted by Crippen LogP contribution is 2.24. The minimum Gasteiger partial charge on any atom is -0.349 e. The molecule has 7 nitrogen and oxygen atoms in total. The molecule has 0 saturated carbocycles. The summed E-state index contributed by atoms with van der Waals surface area (Å²) in [6, 6.07) is 14.7. The van der Waals surface area contributed by atoms with Crippen LogP contribution in [0.4, 0.5) is 0 Å². The van der Waals surface area contributed by atoms with E-state index in [9.17, 15) is 9.59 Å². The molecule has 0 saturated heterocycles. The summed E-state index contributed by atoms with van der Waals surface area (Å²) in [5.41, 5.74) is 1.53. The number of hydrogen-bond acceptors (Lipinski definition) is 5. The number of rotatable bonds is 8. The predicted octanol–water partition coefficient (Wildman–Crippen LogP) is 4.47. The van der Waals surface area contributed by atoms with Crippen molar-refractivity contribution < 1.29 is 4.79 Å². The second-order valence-electron chi connectivity index (χ2n) is 7.54. The molecule has 0 fully saturated rings. The molecule has 4 rings (SSSR count). The minimum atomic E-state index is -0.216. The van der Waals surface area contributed by atoms with Gasteiger partial charge in [0, 0.05) is 11.6 Å². The number of nitrogens with one attached hydrogen (secondary N) is 1. The van der Waals surface area contributed by atoms with Gasteiger partial charge in [-0.2, -0.15) is 0 Å². The lowest BCUT2D eigenvalue weighted by molar-refractivity contribution is -0.119. The zero-order valence-corrected chi connectivity index (χ0v) is 19.5. The van der Waals surface area contributed by atoms with Gasteiger partial charge in [-0.05, 0) is 37.1 Å². The van der Waals surface area contributed by atoms with Gasteiger partial charge in [0.25, 0.3) is 5.56 Å². The van der Waals surface area contributed by atoms with Gasteiger partial charge in [0.15, 0.2) is 5.16 Å². The number of para-hydroxylation sites is 1. The number of carbonyl (C=O) groups excluding carboxylic acids is 1. The van der Waals surface area contributed by atoms with Crippen LogP contribution in [0.3, 0.4) is 0 Å². The van der Waals surface area contributed by atoms with Crippen LogP contribution in [0, 0.1) is 0 Å². The molecular formula is C23H24ClN5O2S. The van der Waals surface area contributed by atoms with Crippen LogP contribution in [0.5, 0.6) is 0 Å². The second-order valence-corrected chi connectivity index (χ2v) is 8.89. The predicted molar refractivity (Wildman–Crippen MR) is 128 cm³/mol. The molecule has 2 aromatic heterocycles. The molecule has 2 heterocycles. The minimum absolute atomic E-state index is 0.0724. The van der Waals surface area contributed by atoms with Crippen LogP contribution in [-0.2, 0) is 11.3 Å². The zero-order valence-electron chi connectivity index (χ0n) is 17.9. The number of thioether (sulfide) groups is 1. The van der Waals surface area contributed by atoms with Gasteiger partial charge in [0.2, 0.25) is 11.7 Å². The highest BCUT2D eigenvalue weighted by atomic mass is 35.5. The fourth-order valence-corrected chi connectivity index (χ4v) is 4.71. The second kappa shape index (κ2) is 9.75. The van der Waals surface area contributed by atoms with E-state index in [2.05, 4.69) is 22.4 Å². The van der Waals surface area contributed by atoms with Gasteiger partial charge >= 0.3 is 0 Å². The van der Waals surface area contributed by atoms with Crippen molar-refractivity contribution in [1.29, 1.82) is 0 Å². The van der Waals surface area contributed by atoms with Crippen LogP contribution in [0.1, 0.15) is 38.3 Å². The van der Waals surface area contributed by atoms with E-state index in [1.54, 1.807) is 10.6 Å². The first-order valence-electron chi connectivity index (χ1n) is 10.5. The first kappa shape index (κ1) is 22.4. The Balaban J connectivity index is 1.60. The monoisotopic (exact) mass is 469 g/mol. The number of aryl methyl sites for hydroxylation is 1. The van der Waals surface area contributed by atoms with Crippen LogP contribution in [0.2, 0.25) is 5.02 Å². The average molecular weight is 470 g/mol. The van der Waals surface area contributed by atoms with E-state index in [1.807, 2.05) is 53.8 Å². The lowest BCUT2D eigenvalue weighted by atomic mass is 10.1. The molecule has 0 aliphatic heterocycles. The Kier molecular flexibility index (Phi) is 6.81. The molecule has 0 spiro atoms. The molecule has 9 heteroatoms. The third-order valence-electron chi connectivity index (χ3n) is 5.30. The lowest BCUT2D eigenvalue weighted by Gasteiger charge is -2.15. The topological polar surface area (TPSA) is 81.3 Å². The number of halogens is 1. The van der Waals surface area contributed by atoms with Crippen molar-refractivity contribution in [2.75, 3.05) is 5.75 Å². The van der Waals surface area contributed by atoms with Gasteiger partial charge in [0.1, 0.15) is 0 Å². The fourth-order valence-electron chi connectivity index (χ4n) is 3.66. The number of unbranched alkanes of at least 4 members (excludes halogenated alkanes) is 1. The molecule has 0 bridgehead atoms. The van der Waals surface area contributed by atoms with E-state index in [1.165, 1.54) is 11.8 Å². The van der Waals surface area contributed by atoms with E-state index >= 15 is 0 Å². The molecule has 1 N–H and O–H groups in total.